The van der Waals surface area contributed by atoms with Gasteiger partial charge in [0, 0.05) is 18.5 Å². The molecule has 1 heterocycles. The van der Waals surface area contributed by atoms with Gasteiger partial charge in [-0.2, -0.15) is 0 Å². The lowest BCUT2D eigenvalue weighted by atomic mass is 9.84. The molecule has 150 valence electrons. The minimum Gasteiger partial charge on any atom is -0.370 e. The van der Waals surface area contributed by atoms with Gasteiger partial charge in [0.1, 0.15) is 0 Å². The Balaban J connectivity index is 2.29. The summed E-state index contributed by atoms with van der Waals surface area (Å²) in [4.78, 5) is 23.0. The van der Waals surface area contributed by atoms with Gasteiger partial charge in [0.15, 0.2) is 5.82 Å². The molecular formula is C18H31N7O2. The normalized spacial score (nSPS) is 17.4. The third kappa shape index (κ3) is 5.59. The van der Waals surface area contributed by atoms with Crippen LogP contribution in [0.25, 0.3) is 0 Å². The molecule has 2 rings (SSSR count). The summed E-state index contributed by atoms with van der Waals surface area (Å²) < 4.78 is 1.90. The number of carbonyl (C=O) groups excluding carboxylic acids is 2. The lowest BCUT2D eigenvalue weighted by Crippen LogP contribution is -2.53. The van der Waals surface area contributed by atoms with Crippen molar-refractivity contribution in [3.8, 4) is 0 Å². The molecule has 1 aliphatic carbocycles. The van der Waals surface area contributed by atoms with Crippen LogP contribution in [0.1, 0.15) is 71.2 Å². The van der Waals surface area contributed by atoms with Gasteiger partial charge < -0.3 is 16.4 Å². The highest BCUT2D eigenvalue weighted by molar-refractivity contribution is 5.87. The third-order valence-corrected chi connectivity index (χ3v) is 4.99. The zero-order valence-electron chi connectivity index (χ0n) is 16.5. The van der Waals surface area contributed by atoms with Gasteiger partial charge >= 0.3 is 0 Å². The summed E-state index contributed by atoms with van der Waals surface area (Å²) in [5.74, 6) is 0.0918. The first-order valence-corrected chi connectivity index (χ1v) is 9.43. The molecule has 2 amide bonds. The molecule has 1 atom stereocenters. The number of primary amides is 1. The van der Waals surface area contributed by atoms with Gasteiger partial charge in [-0.05, 0) is 56.5 Å². The Bertz CT molecular complexity index is 679. The van der Waals surface area contributed by atoms with Crippen molar-refractivity contribution in [3.05, 3.63) is 18.5 Å². The van der Waals surface area contributed by atoms with Crippen LogP contribution in [-0.2, 0) is 15.1 Å². The van der Waals surface area contributed by atoms with Gasteiger partial charge in [0.25, 0.3) is 0 Å². The van der Waals surface area contributed by atoms with E-state index >= 15 is 0 Å². The summed E-state index contributed by atoms with van der Waals surface area (Å²) in [6.45, 7) is 9.77. The molecular weight excluding hydrogens is 346 g/mol. The number of nitrogens with one attached hydrogen (secondary N) is 2. The van der Waals surface area contributed by atoms with E-state index in [2.05, 4.69) is 32.7 Å². The molecule has 0 saturated heterocycles. The molecule has 0 spiro atoms. The first-order valence-electron chi connectivity index (χ1n) is 9.43. The molecule has 1 fully saturated rings. The fourth-order valence-electron chi connectivity index (χ4n) is 3.95. The maximum absolute atomic E-state index is 11.8. The average molecular weight is 377 g/mol. The summed E-state index contributed by atoms with van der Waals surface area (Å²) in [6.07, 6.45) is 6.40. The Kier molecular flexibility index (Phi) is 6.69. The van der Waals surface area contributed by atoms with E-state index in [1.165, 1.54) is 6.08 Å². The van der Waals surface area contributed by atoms with Crippen LogP contribution >= 0.6 is 0 Å². The number of aromatic nitrogens is 4. The van der Waals surface area contributed by atoms with E-state index in [-0.39, 0.29) is 24.3 Å². The standard InChI is InChI=1S/C18H31N7O2/c1-5-15(27)21-17(2,3)12-18(4,20-11-10-14(19)26)16-22-23-24-25(16)13-8-6-7-9-13/h5,13,20H,1,6-12H2,2-4H3,(H2,19,26)(H,21,27). The topological polar surface area (TPSA) is 128 Å². The van der Waals surface area contributed by atoms with E-state index in [1.807, 2.05) is 25.5 Å². The number of hydrogen-bond donors (Lipinski definition) is 3. The summed E-state index contributed by atoms with van der Waals surface area (Å²) in [7, 11) is 0. The second-order valence-electron chi connectivity index (χ2n) is 8.11. The Morgan fingerprint density at radius 3 is 2.59 bits per heavy atom. The Morgan fingerprint density at radius 1 is 1.33 bits per heavy atom. The number of nitrogens with two attached hydrogens (primary N) is 1. The molecule has 1 aliphatic rings. The molecule has 0 bridgehead atoms. The zero-order chi connectivity index (χ0) is 20.1. The van der Waals surface area contributed by atoms with Crippen molar-refractivity contribution < 1.29 is 9.59 Å². The predicted octanol–water partition coefficient (Wildman–Crippen LogP) is 0.939. The van der Waals surface area contributed by atoms with Crippen molar-refractivity contribution in [2.75, 3.05) is 6.54 Å². The van der Waals surface area contributed by atoms with E-state index < -0.39 is 11.1 Å². The van der Waals surface area contributed by atoms with E-state index in [4.69, 9.17) is 5.73 Å². The Labute approximate surface area is 160 Å². The highest BCUT2D eigenvalue weighted by atomic mass is 16.1. The van der Waals surface area contributed by atoms with Gasteiger partial charge in [-0.1, -0.05) is 19.4 Å². The largest absolute Gasteiger partial charge is 0.370 e. The molecule has 4 N–H and O–H groups in total. The average Bonchev–Trinajstić information content (AvgIpc) is 3.24. The maximum atomic E-state index is 11.8. The van der Waals surface area contributed by atoms with Gasteiger partial charge in [-0.3, -0.25) is 9.59 Å². The number of rotatable bonds is 10. The molecule has 27 heavy (non-hydrogen) atoms. The number of carbonyl (C=O) groups is 2. The molecule has 0 aliphatic heterocycles. The first-order chi connectivity index (χ1) is 12.7. The molecule has 9 nitrogen and oxygen atoms in total. The number of hydrogen-bond acceptors (Lipinski definition) is 6. The van der Waals surface area contributed by atoms with Crippen molar-refractivity contribution in [2.45, 2.75) is 76.4 Å². The monoisotopic (exact) mass is 377 g/mol. The molecule has 1 aromatic rings. The summed E-state index contributed by atoms with van der Waals surface area (Å²) >= 11 is 0. The third-order valence-electron chi connectivity index (χ3n) is 4.99. The highest BCUT2D eigenvalue weighted by Gasteiger charge is 2.40. The number of nitrogens with zero attached hydrogens (tertiary/aromatic N) is 4. The van der Waals surface area contributed by atoms with Crippen LogP contribution in [0.5, 0.6) is 0 Å². The molecule has 1 aromatic heterocycles. The smallest absolute Gasteiger partial charge is 0.243 e. The van der Waals surface area contributed by atoms with Crippen LogP contribution in [0.2, 0.25) is 0 Å². The van der Waals surface area contributed by atoms with Crippen LogP contribution in [-0.4, -0.2) is 44.1 Å². The van der Waals surface area contributed by atoms with Crippen molar-refractivity contribution in [2.24, 2.45) is 5.73 Å². The van der Waals surface area contributed by atoms with Gasteiger partial charge in [0.05, 0.1) is 11.6 Å². The zero-order valence-corrected chi connectivity index (χ0v) is 16.5. The molecule has 9 heteroatoms. The second-order valence-corrected chi connectivity index (χ2v) is 8.11. The summed E-state index contributed by atoms with van der Waals surface area (Å²) in [5.41, 5.74) is 4.09. The molecule has 0 radical (unpaired) electrons. The van der Waals surface area contributed by atoms with Crippen LogP contribution in [0.15, 0.2) is 12.7 Å². The predicted molar refractivity (Wildman–Crippen MR) is 102 cm³/mol. The molecule has 0 aromatic carbocycles. The van der Waals surface area contributed by atoms with E-state index in [0.717, 1.165) is 25.7 Å². The molecule has 1 saturated carbocycles. The number of tetrazole rings is 1. The Hall–Kier alpha value is -2.29. The highest BCUT2D eigenvalue weighted by Crippen LogP contribution is 2.34. The van der Waals surface area contributed by atoms with Crippen molar-refractivity contribution in [1.29, 1.82) is 0 Å². The van der Waals surface area contributed by atoms with E-state index in [0.29, 0.717) is 18.8 Å². The van der Waals surface area contributed by atoms with Crippen LogP contribution < -0.4 is 16.4 Å². The van der Waals surface area contributed by atoms with Crippen LogP contribution in [0, 0.1) is 0 Å². The minimum atomic E-state index is -0.653. The fourth-order valence-corrected chi connectivity index (χ4v) is 3.95. The van der Waals surface area contributed by atoms with Crippen molar-refractivity contribution in [3.63, 3.8) is 0 Å². The number of amides is 2. The quantitative estimate of drug-likeness (QED) is 0.521. The van der Waals surface area contributed by atoms with Crippen molar-refractivity contribution >= 4 is 11.8 Å². The lowest BCUT2D eigenvalue weighted by Gasteiger charge is -2.38. The van der Waals surface area contributed by atoms with Crippen LogP contribution in [0.3, 0.4) is 0 Å². The van der Waals surface area contributed by atoms with Crippen molar-refractivity contribution in [1.82, 2.24) is 30.8 Å². The van der Waals surface area contributed by atoms with Crippen LogP contribution in [0.4, 0.5) is 0 Å². The van der Waals surface area contributed by atoms with Gasteiger partial charge in [-0.15, -0.1) is 5.10 Å². The minimum absolute atomic E-state index is 0.208. The summed E-state index contributed by atoms with van der Waals surface area (Å²) in [5, 5.41) is 18.8. The fraction of sp³-hybridized carbons (Fsp3) is 0.722. The maximum Gasteiger partial charge on any atom is 0.243 e. The summed E-state index contributed by atoms with van der Waals surface area (Å²) in [6, 6.07) is 0.276. The Morgan fingerprint density at radius 2 is 2.00 bits per heavy atom. The van der Waals surface area contributed by atoms with Gasteiger partial charge in [0.2, 0.25) is 11.8 Å². The second kappa shape index (κ2) is 8.60. The van der Waals surface area contributed by atoms with E-state index in [9.17, 15) is 9.59 Å². The first kappa shape index (κ1) is 21.0. The lowest BCUT2D eigenvalue weighted by molar-refractivity contribution is -0.118. The SMILES string of the molecule is C=CC(=O)NC(C)(C)CC(C)(NCCC(N)=O)c1nnnn1C1CCCC1. The van der Waals surface area contributed by atoms with E-state index in [1.54, 1.807) is 0 Å². The molecule has 1 unspecified atom stereocenters. The van der Waals surface area contributed by atoms with Gasteiger partial charge in [-0.25, -0.2) is 4.68 Å².